The smallest absolute Gasteiger partial charge is 0.273 e. The second-order valence-electron chi connectivity index (χ2n) is 5.34. The van der Waals surface area contributed by atoms with Gasteiger partial charge in [0.25, 0.3) is 5.91 Å². The minimum atomic E-state index is -0.344. The number of hydrogen-bond acceptors (Lipinski definition) is 4. The molecule has 2 heterocycles. The lowest BCUT2D eigenvalue weighted by molar-refractivity contribution is 0.0945. The van der Waals surface area contributed by atoms with Crippen molar-refractivity contribution in [2.45, 2.75) is 25.4 Å². The van der Waals surface area contributed by atoms with Crippen LogP contribution in [0.5, 0.6) is 0 Å². The molecule has 1 amide bonds. The minimum Gasteiger partial charge on any atom is -0.346 e. The highest BCUT2D eigenvalue weighted by molar-refractivity contribution is 5.91. The highest BCUT2D eigenvalue weighted by Crippen LogP contribution is 2.17. The Bertz CT molecular complexity index is 657. The molecule has 6 nitrogen and oxygen atoms in total. The van der Waals surface area contributed by atoms with E-state index in [0.717, 1.165) is 25.9 Å². The predicted molar refractivity (Wildman–Crippen MR) is 86.0 cm³/mol. The summed E-state index contributed by atoms with van der Waals surface area (Å²) >= 11 is 0. The summed E-state index contributed by atoms with van der Waals surface area (Å²) < 4.78 is 15.2. The van der Waals surface area contributed by atoms with Crippen LogP contribution in [0.3, 0.4) is 0 Å². The molecule has 0 spiro atoms. The number of nitrogens with one attached hydrogen (secondary N) is 2. The summed E-state index contributed by atoms with van der Waals surface area (Å²) in [5.41, 5.74) is 0.705. The number of hydrogen-bond donors (Lipinski definition) is 2. The van der Waals surface area contributed by atoms with Gasteiger partial charge in [-0.25, -0.2) is 9.07 Å². The molecule has 1 aliphatic heterocycles. The van der Waals surface area contributed by atoms with E-state index in [-0.39, 0.29) is 42.4 Å². The quantitative estimate of drug-likeness (QED) is 0.889. The fraction of sp³-hybridized carbons (Fsp3) is 0.400. The fourth-order valence-electron chi connectivity index (χ4n) is 2.54. The first-order valence-corrected chi connectivity index (χ1v) is 7.38. The molecular weight excluding hydrogens is 321 g/mol. The lowest BCUT2D eigenvalue weighted by Crippen LogP contribution is -2.29. The van der Waals surface area contributed by atoms with Gasteiger partial charge in [-0.1, -0.05) is 23.4 Å². The van der Waals surface area contributed by atoms with Crippen molar-refractivity contribution in [2.75, 3.05) is 13.1 Å². The Morgan fingerprint density at radius 3 is 2.83 bits per heavy atom. The van der Waals surface area contributed by atoms with Gasteiger partial charge in [-0.3, -0.25) is 4.79 Å². The van der Waals surface area contributed by atoms with Gasteiger partial charge in [0.05, 0.1) is 12.2 Å². The predicted octanol–water partition coefficient (Wildman–Crippen LogP) is 1.69. The third kappa shape index (κ3) is 4.27. The number of amides is 1. The second-order valence-corrected chi connectivity index (χ2v) is 5.34. The third-order valence-electron chi connectivity index (χ3n) is 3.82. The Labute approximate surface area is 139 Å². The molecule has 0 unspecified atom stereocenters. The van der Waals surface area contributed by atoms with E-state index in [1.807, 2.05) is 0 Å². The van der Waals surface area contributed by atoms with Crippen LogP contribution in [0.4, 0.5) is 4.39 Å². The minimum absolute atomic E-state index is 0. The third-order valence-corrected chi connectivity index (χ3v) is 3.82. The molecule has 0 radical (unpaired) electrons. The fourth-order valence-corrected chi connectivity index (χ4v) is 2.54. The average molecular weight is 340 g/mol. The Morgan fingerprint density at radius 2 is 2.09 bits per heavy atom. The van der Waals surface area contributed by atoms with E-state index in [0.29, 0.717) is 5.56 Å². The molecule has 0 saturated carbocycles. The molecular formula is C15H19ClFN5O. The molecule has 1 fully saturated rings. The lowest BCUT2D eigenvalue weighted by atomic mass is 10.1. The normalized spacial score (nSPS) is 15.0. The maximum Gasteiger partial charge on any atom is 0.273 e. The van der Waals surface area contributed by atoms with Crippen LogP contribution in [0.2, 0.25) is 0 Å². The number of rotatable bonds is 4. The summed E-state index contributed by atoms with van der Waals surface area (Å²) in [7, 11) is 0. The summed E-state index contributed by atoms with van der Waals surface area (Å²) in [4.78, 5) is 12.1. The molecule has 23 heavy (non-hydrogen) atoms. The summed E-state index contributed by atoms with van der Waals surface area (Å²) in [5.74, 6) is -0.676. The summed E-state index contributed by atoms with van der Waals surface area (Å²) in [5, 5.41) is 13.9. The summed E-state index contributed by atoms with van der Waals surface area (Å²) in [6, 6.07) is 6.64. The van der Waals surface area contributed by atoms with E-state index in [9.17, 15) is 9.18 Å². The van der Waals surface area contributed by atoms with Crippen molar-refractivity contribution in [1.82, 2.24) is 25.6 Å². The summed E-state index contributed by atoms with van der Waals surface area (Å²) in [6.07, 6.45) is 3.60. The summed E-state index contributed by atoms with van der Waals surface area (Å²) in [6.45, 7) is 2.02. The zero-order chi connectivity index (χ0) is 15.4. The highest BCUT2D eigenvalue weighted by Gasteiger charge is 2.18. The maximum absolute atomic E-state index is 13.5. The number of benzene rings is 1. The van der Waals surface area contributed by atoms with E-state index < -0.39 is 0 Å². The van der Waals surface area contributed by atoms with Crippen LogP contribution in [0.15, 0.2) is 30.5 Å². The highest BCUT2D eigenvalue weighted by atomic mass is 35.5. The number of carbonyl (C=O) groups is 1. The van der Waals surface area contributed by atoms with Crippen molar-refractivity contribution >= 4 is 18.3 Å². The van der Waals surface area contributed by atoms with E-state index >= 15 is 0 Å². The monoisotopic (exact) mass is 339 g/mol. The molecule has 1 saturated heterocycles. The van der Waals surface area contributed by atoms with Gasteiger partial charge in [-0.15, -0.1) is 17.5 Å². The Kier molecular flexibility index (Phi) is 6.06. The molecule has 2 aromatic rings. The van der Waals surface area contributed by atoms with Gasteiger partial charge in [-0.2, -0.15) is 0 Å². The zero-order valence-corrected chi connectivity index (χ0v) is 13.4. The molecule has 2 N–H and O–H groups in total. The number of nitrogens with zero attached hydrogens (tertiary/aromatic N) is 3. The van der Waals surface area contributed by atoms with Gasteiger partial charge in [0, 0.05) is 12.1 Å². The number of piperidine rings is 1. The first-order chi connectivity index (χ1) is 10.7. The largest absolute Gasteiger partial charge is 0.346 e. The van der Waals surface area contributed by atoms with Crippen LogP contribution in [0.1, 0.15) is 34.9 Å². The Hall–Kier alpha value is -1.99. The molecule has 1 aliphatic rings. The topological polar surface area (TPSA) is 71.8 Å². The van der Waals surface area contributed by atoms with Gasteiger partial charge in [0.1, 0.15) is 5.82 Å². The van der Waals surface area contributed by atoms with Crippen LogP contribution < -0.4 is 10.6 Å². The van der Waals surface area contributed by atoms with Gasteiger partial charge in [0.15, 0.2) is 5.69 Å². The van der Waals surface area contributed by atoms with Crippen molar-refractivity contribution < 1.29 is 9.18 Å². The van der Waals surface area contributed by atoms with Gasteiger partial charge >= 0.3 is 0 Å². The molecule has 124 valence electrons. The molecule has 1 aromatic heterocycles. The zero-order valence-electron chi connectivity index (χ0n) is 12.5. The van der Waals surface area contributed by atoms with Crippen LogP contribution >= 0.6 is 12.4 Å². The average Bonchev–Trinajstić information content (AvgIpc) is 3.05. The first-order valence-electron chi connectivity index (χ1n) is 7.38. The number of halogens is 2. The number of carbonyl (C=O) groups excluding carboxylic acids is 1. The SMILES string of the molecule is Cl.O=C(NCc1ccccc1F)c1cn(C2CCNCC2)nn1. The standard InChI is InChI=1S/C15H18FN5O.ClH/c16-13-4-2-1-3-11(13)9-18-15(22)14-10-21(20-19-14)12-5-7-17-8-6-12;/h1-4,10,12,17H,5-9H2,(H,18,22);1H. The molecule has 0 atom stereocenters. The van der Waals surface area contributed by atoms with Crippen molar-refractivity contribution in [3.8, 4) is 0 Å². The van der Waals surface area contributed by atoms with Gasteiger partial charge in [-0.05, 0) is 32.0 Å². The van der Waals surface area contributed by atoms with E-state index in [2.05, 4.69) is 20.9 Å². The van der Waals surface area contributed by atoms with E-state index in [1.165, 1.54) is 6.07 Å². The van der Waals surface area contributed by atoms with Crippen molar-refractivity contribution in [1.29, 1.82) is 0 Å². The Balaban J connectivity index is 0.00000192. The van der Waals surface area contributed by atoms with E-state index in [1.54, 1.807) is 29.1 Å². The van der Waals surface area contributed by atoms with E-state index in [4.69, 9.17) is 0 Å². The molecule has 0 bridgehead atoms. The van der Waals surface area contributed by atoms with Crippen molar-refractivity contribution in [3.05, 3.63) is 47.5 Å². The van der Waals surface area contributed by atoms with Crippen LogP contribution in [-0.2, 0) is 6.54 Å². The van der Waals surface area contributed by atoms with Gasteiger partial charge < -0.3 is 10.6 Å². The van der Waals surface area contributed by atoms with Gasteiger partial charge in [0.2, 0.25) is 0 Å². The maximum atomic E-state index is 13.5. The van der Waals surface area contributed by atoms with Crippen LogP contribution in [0, 0.1) is 5.82 Å². The molecule has 0 aliphatic carbocycles. The second kappa shape index (κ2) is 8.03. The van der Waals surface area contributed by atoms with Crippen LogP contribution in [0.25, 0.3) is 0 Å². The van der Waals surface area contributed by atoms with Crippen molar-refractivity contribution in [3.63, 3.8) is 0 Å². The molecule has 8 heteroatoms. The molecule has 3 rings (SSSR count). The molecule has 1 aromatic carbocycles. The first kappa shape index (κ1) is 17.4. The Morgan fingerprint density at radius 1 is 1.35 bits per heavy atom. The lowest BCUT2D eigenvalue weighted by Gasteiger charge is -2.22. The van der Waals surface area contributed by atoms with Crippen LogP contribution in [-0.4, -0.2) is 34.0 Å². The van der Waals surface area contributed by atoms with Crippen molar-refractivity contribution in [2.24, 2.45) is 0 Å². The number of aromatic nitrogens is 3.